The number of hydrogen-bond acceptors (Lipinski definition) is 4. The summed E-state index contributed by atoms with van der Waals surface area (Å²) in [5, 5.41) is 3.38. The number of nitrogens with one attached hydrogen (secondary N) is 1. The minimum atomic E-state index is 0.274. The summed E-state index contributed by atoms with van der Waals surface area (Å²) in [7, 11) is 0. The fraction of sp³-hybridized carbons (Fsp3) is 0.765. The molecule has 2 heterocycles. The lowest BCUT2D eigenvalue weighted by molar-refractivity contribution is -0.108. The van der Waals surface area contributed by atoms with Gasteiger partial charge in [0, 0.05) is 0 Å². The molecule has 1 aromatic heterocycles. The Morgan fingerprint density at radius 3 is 2.52 bits per heavy atom. The molecule has 1 fully saturated rings. The van der Waals surface area contributed by atoms with Gasteiger partial charge in [0.1, 0.15) is 18.1 Å². The van der Waals surface area contributed by atoms with E-state index in [1.54, 1.807) is 0 Å². The van der Waals surface area contributed by atoms with Gasteiger partial charge in [-0.1, -0.05) is 13.8 Å². The summed E-state index contributed by atoms with van der Waals surface area (Å²) in [5.41, 5.74) is 0. The summed E-state index contributed by atoms with van der Waals surface area (Å²) in [6.07, 6.45) is 2.77. The van der Waals surface area contributed by atoms with Crippen molar-refractivity contribution in [1.82, 2.24) is 5.32 Å². The van der Waals surface area contributed by atoms with E-state index in [1.165, 1.54) is 0 Å². The van der Waals surface area contributed by atoms with Crippen LogP contribution >= 0.6 is 0 Å². The van der Waals surface area contributed by atoms with Crippen LogP contribution in [-0.4, -0.2) is 24.9 Å². The fourth-order valence-electron chi connectivity index (χ4n) is 2.76. The minimum Gasteiger partial charge on any atom is -0.462 e. The third kappa shape index (κ3) is 5.81. The zero-order valence-electron chi connectivity index (χ0n) is 13.7. The SMILES string of the molecule is CC(C)CNCc1ccc(COC2CC(C)OC(C)C2)o1. The normalized spacial score (nSPS) is 26.4. The van der Waals surface area contributed by atoms with Crippen LogP contribution in [-0.2, 0) is 22.6 Å². The van der Waals surface area contributed by atoms with Gasteiger partial charge in [-0.3, -0.25) is 0 Å². The molecular weight excluding hydrogens is 266 g/mol. The van der Waals surface area contributed by atoms with Crippen LogP contribution in [0.4, 0.5) is 0 Å². The van der Waals surface area contributed by atoms with E-state index in [2.05, 4.69) is 33.0 Å². The topological polar surface area (TPSA) is 43.6 Å². The van der Waals surface area contributed by atoms with Crippen LogP contribution in [0.2, 0.25) is 0 Å². The molecule has 120 valence electrons. The van der Waals surface area contributed by atoms with Crippen molar-refractivity contribution in [2.45, 2.75) is 72.0 Å². The highest BCUT2D eigenvalue weighted by Gasteiger charge is 2.25. The number of ether oxygens (including phenoxy) is 2. The Hall–Kier alpha value is -0.840. The van der Waals surface area contributed by atoms with E-state index < -0.39 is 0 Å². The number of rotatable bonds is 7. The maximum atomic E-state index is 5.97. The lowest BCUT2D eigenvalue weighted by atomic mass is 10.0. The summed E-state index contributed by atoms with van der Waals surface area (Å²) in [4.78, 5) is 0. The third-order valence-electron chi connectivity index (χ3n) is 3.68. The van der Waals surface area contributed by atoms with E-state index in [4.69, 9.17) is 13.9 Å². The van der Waals surface area contributed by atoms with Crippen molar-refractivity contribution in [2.24, 2.45) is 5.92 Å². The van der Waals surface area contributed by atoms with Crippen molar-refractivity contribution in [3.05, 3.63) is 23.7 Å². The van der Waals surface area contributed by atoms with Gasteiger partial charge < -0.3 is 19.2 Å². The summed E-state index contributed by atoms with van der Waals surface area (Å²) in [6, 6.07) is 4.04. The third-order valence-corrected chi connectivity index (χ3v) is 3.68. The molecule has 4 heteroatoms. The fourth-order valence-corrected chi connectivity index (χ4v) is 2.76. The molecule has 1 saturated heterocycles. The van der Waals surface area contributed by atoms with E-state index in [-0.39, 0.29) is 18.3 Å². The van der Waals surface area contributed by atoms with E-state index in [1.807, 2.05) is 12.1 Å². The molecule has 1 N–H and O–H groups in total. The summed E-state index contributed by atoms with van der Waals surface area (Å²) in [6.45, 7) is 10.9. The van der Waals surface area contributed by atoms with Crippen LogP contribution in [0.1, 0.15) is 52.1 Å². The van der Waals surface area contributed by atoms with E-state index >= 15 is 0 Å². The molecule has 0 aromatic carbocycles. The van der Waals surface area contributed by atoms with Crippen LogP contribution in [0.25, 0.3) is 0 Å². The summed E-state index contributed by atoms with van der Waals surface area (Å²) in [5.74, 6) is 2.53. The quantitative estimate of drug-likeness (QED) is 0.836. The van der Waals surface area contributed by atoms with Gasteiger partial charge in [0.25, 0.3) is 0 Å². The molecule has 2 rings (SSSR count). The first-order valence-electron chi connectivity index (χ1n) is 8.08. The average Bonchev–Trinajstić information content (AvgIpc) is 2.83. The van der Waals surface area contributed by atoms with Gasteiger partial charge in [-0.25, -0.2) is 0 Å². The van der Waals surface area contributed by atoms with Gasteiger partial charge in [-0.05, 0) is 51.3 Å². The van der Waals surface area contributed by atoms with Crippen molar-refractivity contribution in [2.75, 3.05) is 6.54 Å². The van der Waals surface area contributed by atoms with Crippen LogP contribution in [0, 0.1) is 5.92 Å². The maximum Gasteiger partial charge on any atom is 0.129 e. The second-order valence-electron chi connectivity index (χ2n) is 6.55. The van der Waals surface area contributed by atoms with E-state index in [0.29, 0.717) is 12.5 Å². The van der Waals surface area contributed by atoms with E-state index in [0.717, 1.165) is 37.5 Å². The minimum absolute atomic E-state index is 0.274. The lowest BCUT2D eigenvalue weighted by Crippen LogP contribution is -2.33. The molecule has 2 atom stereocenters. The molecule has 0 amide bonds. The largest absolute Gasteiger partial charge is 0.462 e. The van der Waals surface area contributed by atoms with Crippen LogP contribution in [0.3, 0.4) is 0 Å². The number of hydrogen-bond donors (Lipinski definition) is 1. The maximum absolute atomic E-state index is 5.97. The molecule has 2 unspecified atom stereocenters. The van der Waals surface area contributed by atoms with Gasteiger partial charge >= 0.3 is 0 Å². The Bertz CT molecular complexity index is 406. The Balaban J connectivity index is 1.72. The highest BCUT2D eigenvalue weighted by molar-refractivity contribution is 5.06. The van der Waals surface area contributed by atoms with Crippen molar-refractivity contribution in [3.63, 3.8) is 0 Å². The monoisotopic (exact) mass is 295 g/mol. The standard InChI is InChI=1S/C17H29NO3/c1-12(2)9-18-10-15-5-6-16(21-15)11-19-17-7-13(3)20-14(4)8-17/h5-6,12-14,17-18H,7-11H2,1-4H3. The molecule has 0 aliphatic carbocycles. The molecule has 0 bridgehead atoms. The van der Waals surface area contributed by atoms with Gasteiger partial charge in [-0.15, -0.1) is 0 Å². The summed E-state index contributed by atoms with van der Waals surface area (Å²) < 4.78 is 17.5. The lowest BCUT2D eigenvalue weighted by Gasteiger charge is -2.31. The predicted molar refractivity (Wildman–Crippen MR) is 83.1 cm³/mol. The Labute approximate surface area is 128 Å². The molecule has 1 aromatic rings. The first-order chi connectivity index (χ1) is 10.0. The van der Waals surface area contributed by atoms with Crippen molar-refractivity contribution < 1.29 is 13.9 Å². The first-order valence-corrected chi connectivity index (χ1v) is 8.08. The van der Waals surface area contributed by atoms with Crippen LogP contribution < -0.4 is 5.32 Å². The van der Waals surface area contributed by atoms with Gasteiger partial charge in [0.2, 0.25) is 0 Å². The van der Waals surface area contributed by atoms with Crippen molar-refractivity contribution in [1.29, 1.82) is 0 Å². The Morgan fingerprint density at radius 2 is 1.86 bits per heavy atom. The van der Waals surface area contributed by atoms with E-state index in [9.17, 15) is 0 Å². The average molecular weight is 295 g/mol. The van der Waals surface area contributed by atoms with Gasteiger partial charge in [0.15, 0.2) is 0 Å². The Morgan fingerprint density at radius 1 is 1.19 bits per heavy atom. The zero-order chi connectivity index (χ0) is 15.2. The molecular formula is C17H29NO3. The van der Waals surface area contributed by atoms with Crippen LogP contribution in [0.15, 0.2) is 16.5 Å². The molecule has 0 spiro atoms. The zero-order valence-corrected chi connectivity index (χ0v) is 13.7. The molecule has 21 heavy (non-hydrogen) atoms. The number of furan rings is 1. The second-order valence-corrected chi connectivity index (χ2v) is 6.55. The Kier molecular flexibility index (Phi) is 6.27. The predicted octanol–water partition coefficient (Wildman–Crippen LogP) is 3.50. The molecule has 1 aliphatic rings. The summed E-state index contributed by atoms with van der Waals surface area (Å²) >= 11 is 0. The first kappa shape index (κ1) is 16.5. The van der Waals surface area contributed by atoms with Gasteiger partial charge in [0.05, 0.1) is 24.9 Å². The van der Waals surface area contributed by atoms with Crippen molar-refractivity contribution >= 4 is 0 Å². The highest BCUT2D eigenvalue weighted by Crippen LogP contribution is 2.23. The molecule has 0 radical (unpaired) electrons. The molecule has 0 saturated carbocycles. The smallest absolute Gasteiger partial charge is 0.129 e. The van der Waals surface area contributed by atoms with Crippen molar-refractivity contribution in [3.8, 4) is 0 Å². The molecule has 4 nitrogen and oxygen atoms in total. The molecule has 1 aliphatic heterocycles. The highest BCUT2D eigenvalue weighted by atomic mass is 16.5. The van der Waals surface area contributed by atoms with Crippen LogP contribution in [0.5, 0.6) is 0 Å². The van der Waals surface area contributed by atoms with Gasteiger partial charge in [-0.2, -0.15) is 0 Å². The second kappa shape index (κ2) is 7.97.